The predicted octanol–water partition coefficient (Wildman–Crippen LogP) is 10.6. The fraction of sp³-hybridized carbons (Fsp3) is 0.511. The second kappa shape index (κ2) is 14.2. The van der Waals surface area contributed by atoms with Gasteiger partial charge in [0.15, 0.2) is 0 Å². The van der Waals surface area contributed by atoms with Gasteiger partial charge in [-0.3, -0.25) is 4.79 Å². The van der Waals surface area contributed by atoms with Gasteiger partial charge in [-0.15, -0.1) is 0 Å². The number of benzene rings is 4. The van der Waals surface area contributed by atoms with Crippen molar-refractivity contribution in [2.24, 2.45) is 46.3 Å². The maximum absolute atomic E-state index is 14.3. The van der Waals surface area contributed by atoms with Crippen LogP contribution in [0.25, 0.3) is 21.5 Å². The fourth-order valence-corrected chi connectivity index (χ4v) is 12.3. The Labute approximate surface area is 314 Å². The van der Waals surface area contributed by atoms with Gasteiger partial charge in [0.1, 0.15) is 12.2 Å². The van der Waals surface area contributed by atoms with E-state index in [0.29, 0.717) is 53.1 Å². The van der Waals surface area contributed by atoms with Crippen LogP contribution in [0.15, 0.2) is 84.9 Å². The van der Waals surface area contributed by atoms with Crippen molar-refractivity contribution < 1.29 is 28.6 Å². The van der Waals surface area contributed by atoms with Gasteiger partial charge in [-0.25, -0.2) is 9.59 Å². The molecule has 6 heteroatoms. The standard InChI is InChI=1S/C47H54O6/c1-29(19-24-43(48)51-4)39-22-23-40-38-21-20-32-27-33(52-44(49)36-17-9-13-30-11-5-7-15-34(30)36)25-26-46(32,2)41(38)28-42(47(39,40)3)53-45(50)37-18-10-14-31-12-6-8-16-35(31)37/h5-18,29,32-33,38-42H,19-28H2,1-4H3/t29-,32?,33-,38+,39-,40+,41+,42+,46+,47-/m1/s1. The maximum Gasteiger partial charge on any atom is 0.339 e. The quantitative estimate of drug-likeness (QED) is 0.134. The molecule has 0 saturated heterocycles. The van der Waals surface area contributed by atoms with Gasteiger partial charge in [-0.1, -0.05) is 93.6 Å². The smallest absolute Gasteiger partial charge is 0.339 e. The minimum atomic E-state index is -0.236. The number of carbonyl (C=O) groups is 3. The molecule has 4 aromatic carbocycles. The van der Waals surface area contributed by atoms with Gasteiger partial charge in [-0.2, -0.15) is 0 Å². The highest BCUT2D eigenvalue weighted by Gasteiger charge is 2.65. The molecule has 0 radical (unpaired) electrons. The number of methoxy groups -OCH3 is 1. The van der Waals surface area contributed by atoms with Crippen LogP contribution >= 0.6 is 0 Å². The highest BCUT2D eigenvalue weighted by molar-refractivity contribution is 6.05. The molecule has 0 aromatic heterocycles. The van der Waals surface area contributed by atoms with Gasteiger partial charge >= 0.3 is 17.9 Å². The van der Waals surface area contributed by atoms with Crippen molar-refractivity contribution in [2.45, 2.75) is 97.2 Å². The number of fused-ring (bicyclic) bond motifs is 7. The second-order valence-electron chi connectivity index (χ2n) is 17.3. The van der Waals surface area contributed by atoms with Crippen LogP contribution in [0, 0.1) is 46.3 Å². The van der Waals surface area contributed by atoms with Crippen molar-refractivity contribution in [3.8, 4) is 0 Å². The summed E-state index contributed by atoms with van der Waals surface area (Å²) < 4.78 is 18.2. The van der Waals surface area contributed by atoms with Gasteiger partial charge in [0.25, 0.3) is 0 Å². The lowest BCUT2D eigenvalue weighted by molar-refractivity contribution is -0.176. The van der Waals surface area contributed by atoms with E-state index in [0.717, 1.165) is 79.3 Å². The highest BCUT2D eigenvalue weighted by Crippen LogP contribution is 2.69. The average molecular weight is 715 g/mol. The van der Waals surface area contributed by atoms with E-state index in [1.807, 2.05) is 84.9 Å². The Hall–Kier alpha value is -4.19. The van der Waals surface area contributed by atoms with Crippen molar-refractivity contribution in [1.82, 2.24) is 0 Å². The fourth-order valence-electron chi connectivity index (χ4n) is 12.3. The van der Waals surface area contributed by atoms with Crippen LogP contribution in [0.2, 0.25) is 0 Å². The van der Waals surface area contributed by atoms with Crippen LogP contribution in [-0.2, 0) is 19.0 Å². The van der Waals surface area contributed by atoms with Crippen LogP contribution in [0.4, 0.5) is 0 Å². The maximum atomic E-state index is 14.3. The third kappa shape index (κ3) is 6.24. The molecule has 10 atom stereocenters. The number of ether oxygens (including phenoxy) is 3. The first-order valence-electron chi connectivity index (χ1n) is 20.1. The molecule has 278 valence electrons. The van der Waals surface area contributed by atoms with Crippen LogP contribution in [-0.4, -0.2) is 37.2 Å². The van der Waals surface area contributed by atoms with E-state index in [1.54, 1.807) is 0 Å². The summed E-state index contributed by atoms with van der Waals surface area (Å²) in [5.41, 5.74) is 1.15. The number of hydrogen-bond acceptors (Lipinski definition) is 6. The van der Waals surface area contributed by atoms with E-state index in [4.69, 9.17) is 14.2 Å². The van der Waals surface area contributed by atoms with Crippen molar-refractivity contribution in [3.05, 3.63) is 96.1 Å². The molecular formula is C47H54O6. The van der Waals surface area contributed by atoms with Gasteiger partial charge in [0.05, 0.1) is 18.2 Å². The zero-order valence-electron chi connectivity index (χ0n) is 31.7. The first-order valence-corrected chi connectivity index (χ1v) is 20.1. The number of hydrogen-bond donors (Lipinski definition) is 0. The van der Waals surface area contributed by atoms with Crippen molar-refractivity contribution in [3.63, 3.8) is 0 Å². The Morgan fingerprint density at radius 2 is 1.34 bits per heavy atom. The molecule has 0 amide bonds. The molecule has 4 aromatic rings. The first kappa shape index (κ1) is 35.8. The minimum absolute atomic E-state index is 0.0747. The van der Waals surface area contributed by atoms with Gasteiger partial charge in [0.2, 0.25) is 0 Å². The van der Waals surface area contributed by atoms with Crippen LogP contribution in [0.1, 0.15) is 106 Å². The van der Waals surface area contributed by atoms with Gasteiger partial charge in [0, 0.05) is 11.8 Å². The van der Waals surface area contributed by atoms with Crippen molar-refractivity contribution >= 4 is 39.5 Å². The molecule has 0 spiro atoms. The summed E-state index contributed by atoms with van der Waals surface area (Å²) >= 11 is 0. The average Bonchev–Trinajstić information content (AvgIpc) is 3.55. The van der Waals surface area contributed by atoms with E-state index >= 15 is 0 Å². The predicted molar refractivity (Wildman–Crippen MR) is 207 cm³/mol. The zero-order chi connectivity index (χ0) is 36.9. The highest BCUT2D eigenvalue weighted by atomic mass is 16.5. The summed E-state index contributed by atoms with van der Waals surface area (Å²) in [4.78, 5) is 40.1. The molecule has 4 aliphatic carbocycles. The van der Waals surface area contributed by atoms with E-state index < -0.39 is 0 Å². The second-order valence-corrected chi connectivity index (χ2v) is 17.3. The molecule has 4 aliphatic rings. The lowest BCUT2D eigenvalue weighted by atomic mass is 9.43. The lowest BCUT2D eigenvalue weighted by Gasteiger charge is -2.62. The summed E-state index contributed by atoms with van der Waals surface area (Å²) in [6.45, 7) is 7.20. The Bertz CT molecular complexity index is 2010. The molecule has 4 saturated carbocycles. The summed E-state index contributed by atoms with van der Waals surface area (Å²) in [5.74, 6) is 1.88. The molecular weight excluding hydrogens is 661 g/mol. The topological polar surface area (TPSA) is 78.9 Å². The van der Waals surface area contributed by atoms with E-state index in [1.165, 1.54) is 7.11 Å². The van der Waals surface area contributed by atoms with Crippen LogP contribution < -0.4 is 0 Å². The third-order valence-corrected chi connectivity index (χ3v) is 15.0. The number of esters is 3. The summed E-state index contributed by atoms with van der Waals surface area (Å²) in [7, 11) is 1.46. The molecule has 0 N–H and O–H groups in total. The number of carbonyl (C=O) groups excluding carboxylic acids is 3. The SMILES string of the molecule is COC(=O)CC[C@@H](C)[C@H]1CC[C@H]2[C@@H]3CCC4C[C@H](OC(=O)c5cccc6ccccc56)CC[C@]4(C)[C@H]3C[C@H](OC(=O)c3cccc4ccccc34)[C@]12C. The molecule has 6 nitrogen and oxygen atoms in total. The first-order chi connectivity index (χ1) is 25.6. The molecule has 0 bridgehead atoms. The molecule has 53 heavy (non-hydrogen) atoms. The van der Waals surface area contributed by atoms with E-state index in [9.17, 15) is 14.4 Å². The summed E-state index contributed by atoms with van der Waals surface area (Å²) in [6, 6.07) is 27.8. The van der Waals surface area contributed by atoms with E-state index in [-0.39, 0.29) is 40.9 Å². The summed E-state index contributed by atoms with van der Waals surface area (Å²) in [6.07, 6.45) is 8.93. The summed E-state index contributed by atoms with van der Waals surface area (Å²) in [5, 5.41) is 3.94. The lowest BCUT2D eigenvalue weighted by Crippen LogP contribution is -2.59. The monoisotopic (exact) mass is 714 g/mol. The molecule has 4 fully saturated rings. The minimum Gasteiger partial charge on any atom is -0.469 e. The van der Waals surface area contributed by atoms with Crippen LogP contribution in [0.3, 0.4) is 0 Å². The van der Waals surface area contributed by atoms with Gasteiger partial charge < -0.3 is 14.2 Å². The Morgan fingerprint density at radius 3 is 2.00 bits per heavy atom. The van der Waals surface area contributed by atoms with Crippen molar-refractivity contribution in [1.29, 1.82) is 0 Å². The Balaban J connectivity index is 1.06. The largest absolute Gasteiger partial charge is 0.469 e. The van der Waals surface area contributed by atoms with Crippen LogP contribution in [0.5, 0.6) is 0 Å². The Morgan fingerprint density at radius 1 is 0.717 bits per heavy atom. The third-order valence-electron chi connectivity index (χ3n) is 15.0. The normalized spacial score (nSPS) is 32.6. The van der Waals surface area contributed by atoms with Crippen molar-refractivity contribution in [2.75, 3.05) is 7.11 Å². The molecule has 1 unspecified atom stereocenters. The molecule has 8 rings (SSSR count). The van der Waals surface area contributed by atoms with Gasteiger partial charge in [-0.05, 0) is 132 Å². The van der Waals surface area contributed by atoms with E-state index in [2.05, 4.69) is 20.8 Å². The zero-order valence-corrected chi connectivity index (χ0v) is 31.7. The molecule has 0 aliphatic heterocycles. The molecule has 0 heterocycles. The number of rotatable bonds is 8. The Kier molecular flexibility index (Phi) is 9.62.